The maximum atomic E-state index is 10.6. The molecule has 0 aliphatic rings. The molecule has 0 N–H and O–H groups in total. The third-order valence-corrected chi connectivity index (χ3v) is 2.47. The minimum Gasteiger partial charge on any atom is -0.356 e. The molecule has 78 valence electrons. The summed E-state index contributed by atoms with van der Waals surface area (Å²) in [5, 5.41) is 15.9. The Morgan fingerprint density at radius 1 is 1.53 bits per heavy atom. The highest BCUT2D eigenvalue weighted by atomic mass is 79.9. The first-order valence-corrected chi connectivity index (χ1v) is 5.43. The van der Waals surface area contributed by atoms with Crippen LogP contribution in [0, 0.1) is 10.1 Å². The van der Waals surface area contributed by atoms with E-state index in [0.29, 0.717) is 17.4 Å². The summed E-state index contributed by atoms with van der Waals surface area (Å²) in [5.74, 6) is 0. The van der Waals surface area contributed by atoms with Crippen molar-refractivity contribution < 1.29 is 9.45 Å². The number of benzene rings is 1. The van der Waals surface area contributed by atoms with Crippen molar-refractivity contribution in [1.82, 2.24) is 5.16 Å². The summed E-state index contributed by atoms with van der Waals surface area (Å²) in [6.45, 7) is 0. The van der Waals surface area contributed by atoms with Crippen LogP contribution in [0.2, 0.25) is 0 Å². The lowest BCUT2D eigenvalue weighted by atomic mass is 10.1. The SMILES string of the molecule is O=[N+]([O-])c1ccc2onc(CCBr)c2c1. The van der Waals surface area contributed by atoms with Crippen molar-refractivity contribution >= 4 is 32.6 Å². The van der Waals surface area contributed by atoms with Gasteiger partial charge in [-0.1, -0.05) is 21.1 Å². The van der Waals surface area contributed by atoms with Crippen LogP contribution in [0.3, 0.4) is 0 Å². The van der Waals surface area contributed by atoms with Gasteiger partial charge in [0.1, 0.15) is 0 Å². The molecule has 0 aliphatic carbocycles. The number of non-ortho nitro benzene ring substituents is 1. The zero-order valence-corrected chi connectivity index (χ0v) is 9.23. The summed E-state index contributed by atoms with van der Waals surface area (Å²) < 4.78 is 5.04. The summed E-state index contributed by atoms with van der Waals surface area (Å²) in [6.07, 6.45) is 0.689. The van der Waals surface area contributed by atoms with Crippen molar-refractivity contribution in [2.75, 3.05) is 5.33 Å². The van der Waals surface area contributed by atoms with E-state index >= 15 is 0 Å². The van der Waals surface area contributed by atoms with Crippen LogP contribution >= 0.6 is 15.9 Å². The van der Waals surface area contributed by atoms with Crippen LogP contribution in [-0.2, 0) is 6.42 Å². The number of nitro benzene ring substituents is 1. The molecule has 0 saturated heterocycles. The molecule has 15 heavy (non-hydrogen) atoms. The van der Waals surface area contributed by atoms with Crippen LogP contribution in [0.25, 0.3) is 11.0 Å². The predicted octanol–water partition coefficient (Wildman–Crippen LogP) is 2.67. The van der Waals surface area contributed by atoms with Crippen molar-refractivity contribution in [3.63, 3.8) is 0 Å². The minimum absolute atomic E-state index is 0.0570. The molecule has 2 rings (SSSR count). The van der Waals surface area contributed by atoms with Gasteiger partial charge in [-0.2, -0.15) is 0 Å². The van der Waals surface area contributed by atoms with Gasteiger partial charge in [-0.25, -0.2) is 0 Å². The number of nitro groups is 1. The summed E-state index contributed by atoms with van der Waals surface area (Å²) in [7, 11) is 0. The van der Waals surface area contributed by atoms with E-state index in [1.165, 1.54) is 12.1 Å². The number of aromatic nitrogens is 1. The molecule has 0 fully saturated rings. The van der Waals surface area contributed by atoms with E-state index < -0.39 is 4.92 Å². The average Bonchev–Trinajstić information content (AvgIpc) is 2.61. The first kappa shape index (κ1) is 10.1. The van der Waals surface area contributed by atoms with Crippen molar-refractivity contribution in [2.45, 2.75) is 6.42 Å². The first-order valence-electron chi connectivity index (χ1n) is 4.31. The molecule has 0 radical (unpaired) electrons. The second-order valence-corrected chi connectivity index (χ2v) is 3.80. The van der Waals surface area contributed by atoms with Gasteiger partial charge in [0.05, 0.1) is 16.0 Å². The summed E-state index contributed by atoms with van der Waals surface area (Å²) in [4.78, 5) is 10.2. The number of hydrogen-bond acceptors (Lipinski definition) is 4. The molecule has 1 aromatic carbocycles. The zero-order valence-electron chi connectivity index (χ0n) is 7.64. The largest absolute Gasteiger partial charge is 0.356 e. The Kier molecular flexibility index (Phi) is 2.68. The molecule has 1 aromatic heterocycles. The fourth-order valence-corrected chi connectivity index (χ4v) is 1.74. The monoisotopic (exact) mass is 270 g/mol. The van der Waals surface area contributed by atoms with Gasteiger partial charge in [-0.15, -0.1) is 0 Å². The van der Waals surface area contributed by atoms with Gasteiger partial charge >= 0.3 is 0 Å². The zero-order chi connectivity index (χ0) is 10.8. The van der Waals surface area contributed by atoms with E-state index in [-0.39, 0.29) is 5.69 Å². The van der Waals surface area contributed by atoms with E-state index in [9.17, 15) is 10.1 Å². The summed E-state index contributed by atoms with van der Waals surface area (Å²) in [5.41, 5.74) is 1.38. The van der Waals surface area contributed by atoms with Gasteiger partial charge in [0.2, 0.25) is 0 Å². The Hall–Kier alpha value is -1.43. The van der Waals surface area contributed by atoms with E-state index in [0.717, 1.165) is 11.0 Å². The molecule has 0 amide bonds. The van der Waals surface area contributed by atoms with E-state index in [2.05, 4.69) is 21.1 Å². The first-order chi connectivity index (χ1) is 7.22. The average molecular weight is 271 g/mol. The molecule has 0 atom stereocenters. The Morgan fingerprint density at radius 3 is 3.00 bits per heavy atom. The van der Waals surface area contributed by atoms with Gasteiger partial charge in [0.15, 0.2) is 5.58 Å². The normalized spacial score (nSPS) is 10.7. The quantitative estimate of drug-likeness (QED) is 0.489. The maximum absolute atomic E-state index is 10.6. The fourth-order valence-electron chi connectivity index (χ4n) is 1.36. The van der Waals surface area contributed by atoms with Gasteiger partial charge in [0, 0.05) is 23.9 Å². The molecule has 5 nitrogen and oxygen atoms in total. The third-order valence-electron chi connectivity index (χ3n) is 2.07. The number of halogens is 1. The maximum Gasteiger partial charge on any atom is 0.270 e. The molecule has 2 aromatic rings. The molecule has 0 spiro atoms. The van der Waals surface area contributed by atoms with Crippen molar-refractivity contribution in [3.8, 4) is 0 Å². The predicted molar refractivity (Wildman–Crippen MR) is 58.2 cm³/mol. The summed E-state index contributed by atoms with van der Waals surface area (Å²) in [6, 6.07) is 4.47. The van der Waals surface area contributed by atoms with Gasteiger partial charge in [-0.3, -0.25) is 10.1 Å². The lowest BCUT2D eigenvalue weighted by Crippen LogP contribution is -1.89. The van der Waals surface area contributed by atoms with E-state index in [4.69, 9.17) is 4.52 Å². The second kappa shape index (κ2) is 3.98. The Labute approximate surface area is 93.3 Å². The topological polar surface area (TPSA) is 69.2 Å². The highest BCUT2D eigenvalue weighted by Gasteiger charge is 2.12. The number of alkyl halides is 1. The second-order valence-electron chi connectivity index (χ2n) is 3.01. The van der Waals surface area contributed by atoms with Crippen molar-refractivity contribution in [2.24, 2.45) is 0 Å². The van der Waals surface area contributed by atoms with Gasteiger partial charge in [0.25, 0.3) is 5.69 Å². The van der Waals surface area contributed by atoms with Crippen molar-refractivity contribution in [3.05, 3.63) is 34.0 Å². The molecular formula is C9H7BrN2O3. The number of aryl methyl sites for hydroxylation is 1. The van der Waals surface area contributed by atoms with Crippen LogP contribution < -0.4 is 0 Å². The standard InChI is InChI=1S/C9H7BrN2O3/c10-4-3-8-7-5-6(12(13)14)1-2-9(7)15-11-8/h1-2,5H,3-4H2. The smallest absolute Gasteiger partial charge is 0.270 e. The Morgan fingerprint density at radius 2 is 2.33 bits per heavy atom. The lowest BCUT2D eigenvalue weighted by Gasteiger charge is -1.92. The van der Waals surface area contributed by atoms with Crippen LogP contribution in [0.1, 0.15) is 5.69 Å². The van der Waals surface area contributed by atoms with Crippen molar-refractivity contribution in [1.29, 1.82) is 0 Å². The van der Waals surface area contributed by atoms with E-state index in [1.807, 2.05) is 0 Å². The molecule has 0 unspecified atom stereocenters. The number of hydrogen-bond donors (Lipinski definition) is 0. The summed E-state index contributed by atoms with van der Waals surface area (Å²) >= 11 is 3.29. The number of fused-ring (bicyclic) bond motifs is 1. The van der Waals surface area contributed by atoms with Gasteiger partial charge in [-0.05, 0) is 6.07 Å². The number of nitrogens with zero attached hydrogens (tertiary/aromatic N) is 2. The van der Waals surface area contributed by atoms with Crippen LogP contribution in [0.15, 0.2) is 22.7 Å². The van der Waals surface area contributed by atoms with Crippen LogP contribution in [0.4, 0.5) is 5.69 Å². The minimum atomic E-state index is -0.426. The molecule has 0 aliphatic heterocycles. The number of rotatable bonds is 3. The molecular weight excluding hydrogens is 264 g/mol. The van der Waals surface area contributed by atoms with E-state index in [1.54, 1.807) is 6.07 Å². The van der Waals surface area contributed by atoms with Crippen LogP contribution in [0.5, 0.6) is 0 Å². The Bertz CT molecular complexity index is 509. The molecule has 1 heterocycles. The molecule has 0 saturated carbocycles. The third kappa shape index (κ3) is 1.85. The highest BCUT2D eigenvalue weighted by Crippen LogP contribution is 2.24. The molecule has 6 heteroatoms. The highest BCUT2D eigenvalue weighted by molar-refractivity contribution is 9.09. The van der Waals surface area contributed by atoms with Crippen LogP contribution in [-0.4, -0.2) is 15.4 Å². The fraction of sp³-hybridized carbons (Fsp3) is 0.222. The lowest BCUT2D eigenvalue weighted by molar-refractivity contribution is -0.384. The van der Waals surface area contributed by atoms with Gasteiger partial charge < -0.3 is 4.52 Å². The molecule has 0 bridgehead atoms. The Balaban J connectivity index is 2.56.